The zero-order valence-corrected chi connectivity index (χ0v) is 7.83. The number of rotatable bonds is 2. The molecular formula is C10H16N2. The lowest BCUT2D eigenvalue weighted by Gasteiger charge is -2.23. The van der Waals surface area contributed by atoms with E-state index >= 15 is 0 Å². The summed E-state index contributed by atoms with van der Waals surface area (Å²) in [7, 11) is 0. The van der Waals surface area contributed by atoms with E-state index in [0.717, 1.165) is 5.92 Å². The van der Waals surface area contributed by atoms with Gasteiger partial charge < -0.3 is 4.57 Å². The van der Waals surface area contributed by atoms with Gasteiger partial charge in [-0.2, -0.15) is 0 Å². The molecule has 0 amide bonds. The van der Waals surface area contributed by atoms with Crippen LogP contribution in [0.5, 0.6) is 0 Å². The molecule has 12 heavy (non-hydrogen) atoms. The molecule has 0 bridgehead atoms. The summed E-state index contributed by atoms with van der Waals surface area (Å²) in [5.41, 5.74) is 1.30. The van der Waals surface area contributed by atoms with E-state index in [4.69, 9.17) is 0 Å². The molecule has 1 aliphatic rings. The lowest BCUT2D eigenvalue weighted by Crippen LogP contribution is -2.08. The summed E-state index contributed by atoms with van der Waals surface area (Å²) in [6, 6.07) is 0.548. The number of hydrogen-bond donors (Lipinski definition) is 0. The third-order valence-corrected chi connectivity index (χ3v) is 2.74. The van der Waals surface area contributed by atoms with Crippen LogP contribution < -0.4 is 0 Å². The molecule has 1 aromatic heterocycles. The number of hydrogen-bond acceptors (Lipinski definition) is 1. The molecule has 0 aromatic carbocycles. The Morgan fingerprint density at radius 1 is 1.50 bits per heavy atom. The Balaban J connectivity index is 2.12. The lowest BCUT2D eigenvalue weighted by molar-refractivity contribution is 0.411. The Bertz CT molecular complexity index is 259. The topological polar surface area (TPSA) is 17.8 Å². The standard InChI is InChI=1S/C10H16N2/c1-8(2)12-6-10(11-7-12)9-4-3-5-9/h6-9H,3-5H2,1-2H3. The minimum absolute atomic E-state index is 0.548. The third kappa shape index (κ3) is 1.26. The second-order valence-corrected chi connectivity index (χ2v) is 3.97. The minimum Gasteiger partial charge on any atom is -0.335 e. The van der Waals surface area contributed by atoms with Gasteiger partial charge in [-0.1, -0.05) is 6.42 Å². The van der Waals surface area contributed by atoms with Gasteiger partial charge in [-0.3, -0.25) is 0 Å². The van der Waals surface area contributed by atoms with E-state index in [2.05, 4.69) is 29.6 Å². The molecule has 2 nitrogen and oxygen atoms in total. The Labute approximate surface area is 73.6 Å². The van der Waals surface area contributed by atoms with Gasteiger partial charge in [-0.15, -0.1) is 0 Å². The van der Waals surface area contributed by atoms with Crippen molar-refractivity contribution in [3.63, 3.8) is 0 Å². The highest BCUT2D eigenvalue weighted by Gasteiger charge is 2.21. The summed E-state index contributed by atoms with van der Waals surface area (Å²) in [5.74, 6) is 0.769. The summed E-state index contributed by atoms with van der Waals surface area (Å²) in [6.07, 6.45) is 8.23. The number of aromatic nitrogens is 2. The molecule has 0 spiro atoms. The van der Waals surface area contributed by atoms with Crippen LogP contribution in [0.3, 0.4) is 0 Å². The fourth-order valence-electron chi connectivity index (χ4n) is 1.55. The molecule has 1 aliphatic carbocycles. The van der Waals surface area contributed by atoms with Crippen LogP contribution in [-0.2, 0) is 0 Å². The molecule has 1 saturated carbocycles. The van der Waals surface area contributed by atoms with Gasteiger partial charge in [0.2, 0.25) is 0 Å². The minimum atomic E-state index is 0.548. The molecule has 0 atom stereocenters. The Kier molecular flexibility index (Phi) is 1.91. The van der Waals surface area contributed by atoms with E-state index < -0.39 is 0 Å². The Hall–Kier alpha value is -0.790. The highest BCUT2D eigenvalue weighted by Crippen LogP contribution is 2.35. The molecule has 1 aromatic rings. The van der Waals surface area contributed by atoms with Crippen LogP contribution in [0.4, 0.5) is 0 Å². The summed E-state index contributed by atoms with van der Waals surface area (Å²) in [6.45, 7) is 4.37. The van der Waals surface area contributed by atoms with Crippen molar-refractivity contribution in [3.8, 4) is 0 Å². The van der Waals surface area contributed by atoms with Gasteiger partial charge in [0.05, 0.1) is 12.0 Å². The maximum Gasteiger partial charge on any atom is 0.0951 e. The molecule has 0 unspecified atom stereocenters. The maximum absolute atomic E-state index is 4.42. The van der Waals surface area contributed by atoms with Gasteiger partial charge in [-0.25, -0.2) is 4.98 Å². The van der Waals surface area contributed by atoms with Crippen LogP contribution in [0.15, 0.2) is 12.5 Å². The smallest absolute Gasteiger partial charge is 0.0951 e. The molecule has 0 N–H and O–H groups in total. The second-order valence-electron chi connectivity index (χ2n) is 3.97. The van der Waals surface area contributed by atoms with Gasteiger partial charge in [0.25, 0.3) is 0 Å². The normalized spacial score (nSPS) is 18.2. The molecule has 66 valence electrons. The Morgan fingerprint density at radius 2 is 2.25 bits per heavy atom. The van der Waals surface area contributed by atoms with E-state index in [1.165, 1.54) is 25.0 Å². The predicted octanol–water partition coefficient (Wildman–Crippen LogP) is 2.73. The first-order valence-electron chi connectivity index (χ1n) is 4.80. The van der Waals surface area contributed by atoms with E-state index in [-0.39, 0.29) is 0 Å². The van der Waals surface area contributed by atoms with Crippen LogP contribution in [0.1, 0.15) is 50.8 Å². The van der Waals surface area contributed by atoms with Gasteiger partial charge in [0.15, 0.2) is 0 Å². The first-order chi connectivity index (χ1) is 5.77. The van der Waals surface area contributed by atoms with E-state index in [1.54, 1.807) is 0 Å². The highest BCUT2D eigenvalue weighted by atomic mass is 15.1. The number of nitrogens with zero attached hydrogens (tertiary/aromatic N) is 2. The summed E-state index contributed by atoms with van der Waals surface area (Å²) >= 11 is 0. The summed E-state index contributed by atoms with van der Waals surface area (Å²) in [5, 5.41) is 0. The molecule has 0 aliphatic heterocycles. The van der Waals surface area contributed by atoms with Gasteiger partial charge in [-0.05, 0) is 26.7 Å². The summed E-state index contributed by atoms with van der Waals surface area (Å²) in [4.78, 5) is 4.42. The van der Waals surface area contributed by atoms with Crippen molar-refractivity contribution in [1.29, 1.82) is 0 Å². The van der Waals surface area contributed by atoms with Gasteiger partial charge in [0.1, 0.15) is 0 Å². The third-order valence-electron chi connectivity index (χ3n) is 2.74. The quantitative estimate of drug-likeness (QED) is 0.657. The second kappa shape index (κ2) is 2.92. The first-order valence-corrected chi connectivity index (χ1v) is 4.80. The largest absolute Gasteiger partial charge is 0.335 e. The van der Waals surface area contributed by atoms with Crippen molar-refractivity contribution < 1.29 is 0 Å². The average molecular weight is 164 g/mol. The molecule has 1 heterocycles. The molecule has 1 fully saturated rings. The van der Waals surface area contributed by atoms with Crippen LogP contribution in [-0.4, -0.2) is 9.55 Å². The van der Waals surface area contributed by atoms with Crippen molar-refractivity contribution in [3.05, 3.63) is 18.2 Å². The van der Waals surface area contributed by atoms with Crippen molar-refractivity contribution in [2.24, 2.45) is 0 Å². The SMILES string of the molecule is CC(C)n1cnc(C2CCC2)c1. The van der Waals surface area contributed by atoms with Crippen LogP contribution in [0, 0.1) is 0 Å². The Morgan fingerprint density at radius 3 is 2.67 bits per heavy atom. The lowest BCUT2D eigenvalue weighted by atomic mass is 9.83. The zero-order valence-electron chi connectivity index (χ0n) is 7.83. The molecular weight excluding hydrogens is 148 g/mol. The van der Waals surface area contributed by atoms with E-state index in [9.17, 15) is 0 Å². The van der Waals surface area contributed by atoms with Crippen LogP contribution in [0.25, 0.3) is 0 Å². The molecule has 2 rings (SSSR count). The van der Waals surface area contributed by atoms with Crippen molar-refractivity contribution >= 4 is 0 Å². The van der Waals surface area contributed by atoms with Crippen molar-refractivity contribution in [1.82, 2.24) is 9.55 Å². The average Bonchev–Trinajstić information content (AvgIpc) is 2.32. The molecule has 0 saturated heterocycles. The van der Waals surface area contributed by atoms with E-state index in [1.807, 2.05) is 6.33 Å². The monoisotopic (exact) mass is 164 g/mol. The predicted molar refractivity (Wildman–Crippen MR) is 49.2 cm³/mol. The van der Waals surface area contributed by atoms with Gasteiger partial charge >= 0.3 is 0 Å². The molecule has 0 radical (unpaired) electrons. The van der Waals surface area contributed by atoms with Crippen LogP contribution in [0.2, 0.25) is 0 Å². The highest BCUT2D eigenvalue weighted by molar-refractivity contribution is 5.08. The van der Waals surface area contributed by atoms with Crippen molar-refractivity contribution in [2.45, 2.75) is 45.1 Å². The maximum atomic E-state index is 4.42. The fraction of sp³-hybridized carbons (Fsp3) is 0.700. The molecule has 2 heteroatoms. The zero-order chi connectivity index (χ0) is 8.55. The van der Waals surface area contributed by atoms with E-state index in [0.29, 0.717) is 6.04 Å². The number of imidazole rings is 1. The summed E-state index contributed by atoms with van der Waals surface area (Å²) < 4.78 is 2.19. The first kappa shape index (κ1) is 7.84. The fourth-order valence-corrected chi connectivity index (χ4v) is 1.55. The van der Waals surface area contributed by atoms with Crippen molar-refractivity contribution in [2.75, 3.05) is 0 Å². The van der Waals surface area contributed by atoms with Crippen LogP contribution >= 0.6 is 0 Å². The van der Waals surface area contributed by atoms with Gasteiger partial charge in [0, 0.05) is 18.2 Å².